The van der Waals surface area contributed by atoms with Crippen LogP contribution in [0.15, 0.2) is 24.3 Å². The van der Waals surface area contributed by atoms with Crippen molar-refractivity contribution in [1.29, 1.82) is 0 Å². The van der Waals surface area contributed by atoms with Crippen molar-refractivity contribution in [1.82, 2.24) is 0 Å². The minimum atomic E-state index is -0.0180. The molecule has 0 aliphatic rings. The highest BCUT2D eigenvalue weighted by molar-refractivity contribution is 5.27. The molecule has 0 spiro atoms. The van der Waals surface area contributed by atoms with E-state index in [1.807, 2.05) is 12.1 Å². The monoisotopic (exact) mass is 166 g/mol. The molecular weight excluding hydrogens is 152 g/mol. The van der Waals surface area contributed by atoms with E-state index in [2.05, 4.69) is 0 Å². The Kier molecular flexibility index (Phi) is 3.08. The van der Waals surface area contributed by atoms with Crippen molar-refractivity contribution in [3.8, 4) is 5.75 Å². The van der Waals surface area contributed by atoms with Crippen molar-refractivity contribution < 1.29 is 5.11 Å². The maximum Gasteiger partial charge on any atom is 0.115 e. The first-order chi connectivity index (χ1) is 5.74. The summed E-state index contributed by atoms with van der Waals surface area (Å²) in [4.78, 5) is 0. The van der Waals surface area contributed by atoms with Crippen molar-refractivity contribution in [3.05, 3.63) is 29.8 Å². The maximum atomic E-state index is 9.00. The van der Waals surface area contributed by atoms with E-state index in [0.717, 1.165) is 12.0 Å². The van der Waals surface area contributed by atoms with Crippen LogP contribution in [-0.2, 0) is 0 Å². The number of hydrogen-bond acceptors (Lipinski definition) is 3. The Hall–Kier alpha value is -1.06. The normalized spacial score (nSPS) is 12.8. The summed E-state index contributed by atoms with van der Waals surface area (Å²) in [5.41, 5.74) is 12.2. The molecule has 0 bridgehead atoms. The lowest BCUT2D eigenvalue weighted by molar-refractivity contribution is 0.474. The summed E-state index contributed by atoms with van der Waals surface area (Å²) in [5, 5.41) is 9.00. The van der Waals surface area contributed by atoms with Gasteiger partial charge in [-0.05, 0) is 30.7 Å². The SMILES string of the molecule is NCCC(N)c1ccc(O)cc1. The fourth-order valence-corrected chi connectivity index (χ4v) is 1.07. The molecule has 66 valence electrons. The van der Waals surface area contributed by atoms with Gasteiger partial charge in [-0.2, -0.15) is 0 Å². The predicted molar refractivity (Wildman–Crippen MR) is 48.7 cm³/mol. The van der Waals surface area contributed by atoms with E-state index in [1.54, 1.807) is 12.1 Å². The molecule has 1 atom stereocenters. The molecule has 12 heavy (non-hydrogen) atoms. The molecule has 0 aromatic heterocycles. The molecule has 0 radical (unpaired) electrons. The first-order valence-corrected chi connectivity index (χ1v) is 3.98. The van der Waals surface area contributed by atoms with Crippen LogP contribution in [0.4, 0.5) is 0 Å². The van der Waals surface area contributed by atoms with E-state index in [-0.39, 0.29) is 11.8 Å². The lowest BCUT2D eigenvalue weighted by Gasteiger charge is -2.09. The molecule has 0 amide bonds. The second-order valence-corrected chi connectivity index (χ2v) is 2.78. The van der Waals surface area contributed by atoms with E-state index in [9.17, 15) is 0 Å². The van der Waals surface area contributed by atoms with Gasteiger partial charge in [0.2, 0.25) is 0 Å². The summed E-state index contributed by atoms with van der Waals surface area (Å²) in [6.07, 6.45) is 0.769. The quantitative estimate of drug-likeness (QED) is 0.620. The van der Waals surface area contributed by atoms with Gasteiger partial charge in [-0.15, -0.1) is 0 Å². The molecule has 0 saturated heterocycles. The molecule has 1 unspecified atom stereocenters. The second-order valence-electron chi connectivity index (χ2n) is 2.78. The highest BCUT2D eigenvalue weighted by atomic mass is 16.3. The Labute approximate surface area is 72.0 Å². The summed E-state index contributed by atoms with van der Waals surface area (Å²) in [7, 11) is 0. The van der Waals surface area contributed by atoms with Crippen LogP contribution in [-0.4, -0.2) is 11.7 Å². The van der Waals surface area contributed by atoms with Crippen molar-refractivity contribution in [2.45, 2.75) is 12.5 Å². The van der Waals surface area contributed by atoms with Crippen molar-refractivity contribution in [2.75, 3.05) is 6.54 Å². The van der Waals surface area contributed by atoms with E-state index in [1.165, 1.54) is 0 Å². The van der Waals surface area contributed by atoms with Gasteiger partial charge in [0.1, 0.15) is 5.75 Å². The van der Waals surface area contributed by atoms with E-state index >= 15 is 0 Å². The molecule has 5 N–H and O–H groups in total. The number of phenolic OH excluding ortho intramolecular Hbond substituents is 1. The summed E-state index contributed by atoms with van der Waals surface area (Å²) in [6.45, 7) is 0.585. The smallest absolute Gasteiger partial charge is 0.115 e. The number of hydrogen-bond donors (Lipinski definition) is 3. The molecule has 1 aromatic carbocycles. The molecule has 0 fully saturated rings. The first kappa shape index (κ1) is 9.03. The third kappa shape index (κ3) is 2.22. The van der Waals surface area contributed by atoms with Gasteiger partial charge in [0.15, 0.2) is 0 Å². The van der Waals surface area contributed by atoms with Crippen LogP contribution in [0.2, 0.25) is 0 Å². The number of benzene rings is 1. The fraction of sp³-hybridized carbons (Fsp3) is 0.333. The van der Waals surface area contributed by atoms with Crippen molar-refractivity contribution >= 4 is 0 Å². The van der Waals surface area contributed by atoms with Gasteiger partial charge in [0.05, 0.1) is 0 Å². The molecule has 0 aliphatic heterocycles. The second kappa shape index (κ2) is 4.09. The highest BCUT2D eigenvalue weighted by Crippen LogP contribution is 2.16. The number of aromatic hydroxyl groups is 1. The lowest BCUT2D eigenvalue weighted by atomic mass is 10.1. The minimum absolute atomic E-state index is 0.0180. The van der Waals surface area contributed by atoms with Crippen LogP contribution in [0.3, 0.4) is 0 Å². The molecule has 3 heteroatoms. The molecule has 0 saturated carbocycles. The van der Waals surface area contributed by atoms with Crippen LogP contribution < -0.4 is 11.5 Å². The van der Waals surface area contributed by atoms with Gasteiger partial charge in [0, 0.05) is 6.04 Å². The average Bonchev–Trinajstić information content (AvgIpc) is 2.06. The lowest BCUT2D eigenvalue weighted by Crippen LogP contribution is -2.14. The van der Waals surface area contributed by atoms with Gasteiger partial charge in [-0.1, -0.05) is 12.1 Å². The number of phenols is 1. The average molecular weight is 166 g/mol. The Balaban J connectivity index is 2.68. The van der Waals surface area contributed by atoms with Gasteiger partial charge >= 0.3 is 0 Å². The van der Waals surface area contributed by atoms with E-state index in [0.29, 0.717) is 6.54 Å². The molecule has 0 heterocycles. The molecule has 3 nitrogen and oxygen atoms in total. The summed E-state index contributed by atoms with van der Waals surface area (Å²) in [5.74, 6) is 0.263. The Morgan fingerprint density at radius 2 is 1.83 bits per heavy atom. The van der Waals surface area contributed by atoms with Gasteiger partial charge < -0.3 is 16.6 Å². The zero-order valence-electron chi connectivity index (χ0n) is 6.90. The van der Waals surface area contributed by atoms with Crippen LogP contribution in [0, 0.1) is 0 Å². The third-order valence-electron chi connectivity index (χ3n) is 1.80. The fourth-order valence-electron chi connectivity index (χ4n) is 1.07. The topological polar surface area (TPSA) is 72.3 Å². The van der Waals surface area contributed by atoms with Crippen molar-refractivity contribution in [2.24, 2.45) is 11.5 Å². The summed E-state index contributed by atoms with van der Waals surface area (Å²) in [6, 6.07) is 6.87. The van der Waals surface area contributed by atoms with Gasteiger partial charge in [-0.25, -0.2) is 0 Å². The van der Waals surface area contributed by atoms with Crippen molar-refractivity contribution in [3.63, 3.8) is 0 Å². The number of nitrogens with two attached hydrogens (primary N) is 2. The van der Waals surface area contributed by atoms with Crippen LogP contribution >= 0.6 is 0 Å². The molecule has 1 aromatic rings. The zero-order valence-corrected chi connectivity index (χ0v) is 6.90. The molecule has 0 aliphatic carbocycles. The minimum Gasteiger partial charge on any atom is -0.508 e. The van der Waals surface area contributed by atoms with Gasteiger partial charge in [0.25, 0.3) is 0 Å². The summed E-state index contributed by atoms with van der Waals surface area (Å²) >= 11 is 0. The Morgan fingerprint density at radius 1 is 1.25 bits per heavy atom. The molecule has 1 rings (SSSR count). The predicted octanol–water partition coefficient (Wildman–Crippen LogP) is 0.741. The highest BCUT2D eigenvalue weighted by Gasteiger charge is 2.03. The largest absolute Gasteiger partial charge is 0.508 e. The first-order valence-electron chi connectivity index (χ1n) is 3.98. The Morgan fingerprint density at radius 3 is 2.33 bits per heavy atom. The number of rotatable bonds is 3. The Bertz CT molecular complexity index is 233. The van der Waals surface area contributed by atoms with Crippen LogP contribution in [0.1, 0.15) is 18.0 Å². The van der Waals surface area contributed by atoms with E-state index < -0.39 is 0 Å². The molecular formula is C9H14N2O. The van der Waals surface area contributed by atoms with E-state index in [4.69, 9.17) is 16.6 Å². The zero-order chi connectivity index (χ0) is 8.97. The van der Waals surface area contributed by atoms with Crippen LogP contribution in [0.25, 0.3) is 0 Å². The van der Waals surface area contributed by atoms with Crippen LogP contribution in [0.5, 0.6) is 5.75 Å². The standard InChI is InChI=1S/C9H14N2O/c10-6-5-9(11)7-1-3-8(12)4-2-7/h1-4,9,12H,5-6,10-11H2. The third-order valence-corrected chi connectivity index (χ3v) is 1.80. The maximum absolute atomic E-state index is 9.00. The van der Waals surface area contributed by atoms with Gasteiger partial charge in [-0.3, -0.25) is 0 Å². The summed E-state index contributed by atoms with van der Waals surface area (Å²) < 4.78 is 0.